The molecule has 0 bridgehead atoms. The summed E-state index contributed by atoms with van der Waals surface area (Å²) in [6, 6.07) is 12.6. The van der Waals surface area contributed by atoms with E-state index in [0.29, 0.717) is 6.42 Å². The highest BCUT2D eigenvalue weighted by Crippen LogP contribution is 2.26. The van der Waals surface area contributed by atoms with Gasteiger partial charge in [-0.05, 0) is 37.3 Å². The number of benzene rings is 1. The Kier molecular flexibility index (Phi) is 12.6. The van der Waals surface area contributed by atoms with Gasteiger partial charge >= 0.3 is 5.97 Å². The number of aryl methyl sites for hydroxylation is 1. The van der Waals surface area contributed by atoms with E-state index in [9.17, 15) is 4.79 Å². The summed E-state index contributed by atoms with van der Waals surface area (Å²) in [6.07, 6.45) is 16.2. The Morgan fingerprint density at radius 2 is 1.55 bits per heavy atom. The molecule has 1 atom stereocenters. The molecule has 33 heavy (non-hydrogen) atoms. The van der Waals surface area contributed by atoms with Gasteiger partial charge in [-0.2, -0.15) is 0 Å². The first-order valence-electron chi connectivity index (χ1n) is 13.2. The Bertz CT molecular complexity index is 776. The highest BCUT2D eigenvalue weighted by atomic mass is 28.3. The summed E-state index contributed by atoms with van der Waals surface area (Å²) < 4.78 is 11.9. The van der Waals surface area contributed by atoms with Gasteiger partial charge in [-0.15, -0.1) is 0 Å². The monoisotopic (exact) mass is 470 g/mol. The molecule has 1 unspecified atom stereocenters. The normalized spacial score (nSPS) is 12.6. The predicted octanol–water partition coefficient (Wildman–Crippen LogP) is 8.35. The van der Waals surface area contributed by atoms with Crippen LogP contribution >= 0.6 is 0 Å². The van der Waals surface area contributed by atoms with Crippen molar-refractivity contribution in [1.29, 1.82) is 0 Å². The maximum absolute atomic E-state index is 12.6. The van der Waals surface area contributed by atoms with Crippen LogP contribution in [0, 0.1) is 0 Å². The molecule has 0 saturated heterocycles. The molecule has 184 valence electrons. The maximum Gasteiger partial charge on any atom is 0.306 e. The molecule has 0 fully saturated rings. The molecule has 4 heteroatoms. The van der Waals surface area contributed by atoms with E-state index in [4.69, 9.17) is 9.15 Å². The summed E-state index contributed by atoms with van der Waals surface area (Å²) in [5.74, 6) is -0.0709. The fourth-order valence-electron chi connectivity index (χ4n) is 4.14. The molecular formula is C29H46O3Si. The Balaban J connectivity index is 1.80. The fourth-order valence-corrected chi connectivity index (χ4v) is 5.15. The third-order valence-electron chi connectivity index (χ3n) is 6.26. The first-order chi connectivity index (χ1) is 15.9. The lowest BCUT2D eigenvalue weighted by Gasteiger charge is -2.17. The van der Waals surface area contributed by atoms with Crippen LogP contribution in [0.25, 0.3) is 0 Å². The molecule has 2 aromatic rings. The second-order valence-corrected chi connectivity index (χ2v) is 15.4. The predicted molar refractivity (Wildman–Crippen MR) is 142 cm³/mol. The molecule has 0 aliphatic carbocycles. The largest absolute Gasteiger partial charge is 0.474 e. The van der Waals surface area contributed by atoms with Gasteiger partial charge in [0.25, 0.3) is 0 Å². The van der Waals surface area contributed by atoms with E-state index in [0.717, 1.165) is 43.1 Å². The molecule has 1 aromatic heterocycles. The van der Waals surface area contributed by atoms with Gasteiger partial charge in [-0.25, -0.2) is 0 Å². The topological polar surface area (TPSA) is 39.4 Å². The molecule has 0 aliphatic heterocycles. The molecule has 0 amide bonds. The second-order valence-electron chi connectivity index (χ2n) is 10.4. The van der Waals surface area contributed by atoms with Gasteiger partial charge in [0, 0.05) is 12.0 Å². The number of unbranched alkanes of at least 4 members (excludes halogenated alkanes) is 8. The summed E-state index contributed by atoms with van der Waals surface area (Å²) in [5, 5.41) is 1.07. The molecule has 0 N–H and O–H groups in total. The molecule has 0 spiro atoms. The van der Waals surface area contributed by atoms with Crippen molar-refractivity contribution in [3.8, 4) is 0 Å². The molecule has 0 saturated carbocycles. The van der Waals surface area contributed by atoms with Crippen LogP contribution < -0.4 is 5.38 Å². The van der Waals surface area contributed by atoms with Gasteiger partial charge in [0.05, 0.1) is 11.6 Å². The zero-order valence-corrected chi connectivity index (χ0v) is 22.5. The average Bonchev–Trinajstić information content (AvgIpc) is 3.29. The van der Waals surface area contributed by atoms with E-state index in [1.165, 1.54) is 50.5 Å². The average molecular weight is 471 g/mol. The molecule has 2 rings (SSSR count). The number of rotatable bonds is 17. The van der Waals surface area contributed by atoms with Gasteiger partial charge in [0.15, 0.2) is 0 Å². The summed E-state index contributed by atoms with van der Waals surface area (Å²) in [7, 11) is -1.53. The van der Waals surface area contributed by atoms with E-state index < -0.39 is 8.07 Å². The van der Waals surface area contributed by atoms with Crippen LogP contribution in [0.3, 0.4) is 0 Å². The van der Waals surface area contributed by atoms with Crippen LogP contribution in [0.4, 0.5) is 0 Å². The zero-order valence-electron chi connectivity index (χ0n) is 21.5. The van der Waals surface area contributed by atoms with Crippen molar-refractivity contribution in [3.05, 3.63) is 53.8 Å². The van der Waals surface area contributed by atoms with Crippen molar-refractivity contribution in [2.75, 3.05) is 0 Å². The van der Waals surface area contributed by atoms with Gasteiger partial charge in [0.1, 0.15) is 14.2 Å². The Morgan fingerprint density at radius 3 is 2.15 bits per heavy atom. The van der Waals surface area contributed by atoms with E-state index in [1.807, 2.05) is 12.3 Å². The summed E-state index contributed by atoms with van der Waals surface area (Å²) in [6.45, 7) is 9.08. The molecule has 1 aromatic carbocycles. The molecule has 1 heterocycles. The smallest absolute Gasteiger partial charge is 0.306 e. The first-order valence-corrected chi connectivity index (χ1v) is 16.7. The van der Waals surface area contributed by atoms with Crippen LogP contribution in [0.15, 0.2) is 47.1 Å². The van der Waals surface area contributed by atoms with Crippen LogP contribution in [0.2, 0.25) is 19.6 Å². The number of hydrogen-bond donors (Lipinski definition) is 0. The van der Waals surface area contributed by atoms with Crippen LogP contribution in [-0.2, 0) is 16.0 Å². The Hall–Kier alpha value is -1.81. The maximum atomic E-state index is 12.6. The zero-order chi connectivity index (χ0) is 23.9. The molecular weight excluding hydrogens is 424 g/mol. The lowest BCUT2D eigenvalue weighted by atomic mass is 10.0. The number of carbonyl (C=O) groups excluding carboxylic acids is 1. The lowest BCUT2D eigenvalue weighted by Crippen LogP contribution is -2.36. The number of ether oxygens (including phenoxy) is 1. The lowest BCUT2D eigenvalue weighted by molar-refractivity contribution is -0.150. The van der Waals surface area contributed by atoms with Crippen molar-refractivity contribution < 1.29 is 13.9 Å². The summed E-state index contributed by atoms with van der Waals surface area (Å²) in [4.78, 5) is 12.6. The van der Waals surface area contributed by atoms with Gasteiger partial charge in [0.2, 0.25) is 0 Å². The Labute approximate surface area is 203 Å². The standard InChI is InChI=1S/C29H46O3Si/c1-5-6-7-8-9-10-11-12-16-22-28(30)32-27(21-17-20-25-18-14-13-15-19-25)26-23-29(31-24-26)33(2,3)4/h13-15,18-19,23-24,27H,5-12,16-17,20-22H2,1-4H3. The van der Waals surface area contributed by atoms with Gasteiger partial charge in [-0.3, -0.25) is 4.79 Å². The minimum absolute atomic E-state index is 0.0709. The van der Waals surface area contributed by atoms with Crippen molar-refractivity contribution in [2.24, 2.45) is 0 Å². The minimum atomic E-state index is -1.53. The van der Waals surface area contributed by atoms with Gasteiger partial charge in [-0.1, -0.05) is 108 Å². The number of carbonyl (C=O) groups is 1. The molecule has 3 nitrogen and oxygen atoms in total. The number of esters is 1. The summed E-state index contributed by atoms with van der Waals surface area (Å²) >= 11 is 0. The minimum Gasteiger partial charge on any atom is -0.474 e. The van der Waals surface area contributed by atoms with Crippen LogP contribution in [0.5, 0.6) is 0 Å². The molecule has 0 aliphatic rings. The third kappa shape index (κ3) is 11.2. The van der Waals surface area contributed by atoms with Crippen molar-refractivity contribution >= 4 is 19.4 Å². The van der Waals surface area contributed by atoms with Crippen molar-refractivity contribution in [3.63, 3.8) is 0 Å². The highest BCUT2D eigenvalue weighted by Gasteiger charge is 2.25. The third-order valence-corrected chi connectivity index (χ3v) is 8.00. The van der Waals surface area contributed by atoms with Crippen LogP contribution in [-0.4, -0.2) is 14.0 Å². The van der Waals surface area contributed by atoms with E-state index in [2.05, 4.69) is 56.9 Å². The van der Waals surface area contributed by atoms with Crippen LogP contribution in [0.1, 0.15) is 101 Å². The first kappa shape index (κ1) is 27.4. The quantitative estimate of drug-likeness (QED) is 0.132. The highest BCUT2D eigenvalue weighted by molar-refractivity contribution is 6.87. The SMILES string of the molecule is CCCCCCCCCCCC(=O)OC(CCCc1ccccc1)c1coc([Si](C)(C)C)c1. The van der Waals surface area contributed by atoms with E-state index >= 15 is 0 Å². The number of hydrogen-bond acceptors (Lipinski definition) is 3. The van der Waals surface area contributed by atoms with Gasteiger partial charge < -0.3 is 9.15 Å². The van der Waals surface area contributed by atoms with Crippen molar-refractivity contribution in [1.82, 2.24) is 0 Å². The fraction of sp³-hybridized carbons (Fsp3) is 0.621. The Morgan fingerprint density at radius 1 is 0.909 bits per heavy atom. The molecule has 0 radical (unpaired) electrons. The van der Waals surface area contributed by atoms with E-state index in [1.54, 1.807) is 0 Å². The second kappa shape index (κ2) is 15.2. The summed E-state index contributed by atoms with van der Waals surface area (Å²) in [5.41, 5.74) is 2.34. The van der Waals surface area contributed by atoms with E-state index in [-0.39, 0.29) is 12.1 Å². The number of furan rings is 1. The van der Waals surface area contributed by atoms with Crippen molar-refractivity contribution in [2.45, 2.75) is 116 Å².